The number of nitrogens with two attached hydrogens (primary N) is 1. The first-order valence-corrected chi connectivity index (χ1v) is 11.8. The van der Waals surface area contributed by atoms with Gasteiger partial charge in [0.15, 0.2) is 0 Å². The number of benzene rings is 2. The summed E-state index contributed by atoms with van der Waals surface area (Å²) in [6.07, 6.45) is 6.64. The van der Waals surface area contributed by atoms with Crippen LogP contribution in [-0.2, 0) is 0 Å². The molecule has 5 nitrogen and oxygen atoms in total. The smallest absolute Gasteiger partial charge is 0.253 e. The van der Waals surface area contributed by atoms with E-state index in [0.29, 0.717) is 22.0 Å². The molecule has 4 rings (SSSR count). The van der Waals surface area contributed by atoms with Crippen LogP contribution < -0.4 is 5.73 Å². The highest BCUT2D eigenvalue weighted by atomic mass is 35.5. The number of likely N-dealkylation sites (tertiary alicyclic amines) is 1. The minimum Gasteiger partial charge on any atom is -0.383 e. The molecular weight excluding hydrogens is 432 g/mol. The topological polar surface area (TPSA) is 62.5 Å². The summed E-state index contributed by atoms with van der Waals surface area (Å²) >= 11 is 6.16. The van der Waals surface area contributed by atoms with Crippen molar-refractivity contribution in [2.45, 2.75) is 25.7 Å². The summed E-state index contributed by atoms with van der Waals surface area (Å²) in [5, 5.41) is 2.43. The number of pyridine rings is 1. The molecule has 0 spiro atoms. The van der Waals surface area contributed by atoms with E-state index in [1.165, 1.54) is 32.4 Å². The lowest BCUT2D eigenvalue weighted by molar-refractivity contribution is 0.0787. The largest absolute Gasteiger partial charge is 0.383 e. The molecule has 0 unspecified atom stereocenters. The van der Waals surface area contributed by atoms with E-state index >= 15 is 0 Å². The maximum atomic E-state index is 12.8. The van der Waals surface area contributed by atoms with Crippen molar-refractivity contribution in [2.24, 2.45) is 0 Å². The van der Waals surface area contributed by atoms with Gasteiger partial charge in [0.05, 0.1) is 5.56 Å². The summed E-state index contributed by atoms with van der Waals surface area (Å²) in [5.41, 5.74) is 8.20. The fourth-order valence-corrected chi connectivity index (χ4v) is 4.37. The molecule has 2 heterocycles. The molecule has 0 atom stereocenters. The van der Waals surface area contributed by atoms with Crippen molar-refractivity contribution in [2.75, 3.05) is 39.0 Å². The van der Waals surface area contributed by atoms with Crippen LogP contribution in [0.5, 0.6) is 0 Å². The van der Waals surface area contributed by atoms with Gasteiger partial charge in [0.1, 0.15) is 5.82 Å². The highest BCUT2D eigenvalue weighted by molar-refractivity contribution is 6.31. The van der Waals surface area contributed by atoms with E-state index in [0.717, 1.165) is 35.8 Å². The van der Waals surface area contributed by atoms with Gasteiger partial charge in [-0.15, -0.1) is 0 Å². The van der Waals surface area contributed by atoms with Crippen LogP contribution in [0.2, 0.25) is 5.02 Å². The van der Waals surface area contributed by atoms with Gasteiger partial charge < -0.3 is 15.5 Å². The Hall–Kier alpha value is -3.07. The number of halogens is 1. The molecule has 2 aromatic carbocycles. The van der Waals surface area contributed by atoms with E-state index in [-0.39, 0.29) is 5.91 Å². The number of hydrogen-bond donors (Lipinski definition) is 1. The maximum Gasteiger partial charge on any atom is 0.253 e. The number of piperidine rings is 1. The lowest BCUT2D eigenvalue weighted by Gasteiger charge is -2.27. The Balaban J connectivity index is 1.40. The van der Waals surface area contributed by atoms with Gasteiger partial charge in [0.25, 0.3) is 5.91 Å². The number of nitrogen functional groups attached to an aromatic ring is 1. The molecule has 1 aromatic heterocycles. The summed E-state index contributed by atoms with van der Waals surface area (Å²) < 4.78 is 0. The summed E-state index contributed by atoms with van der Waals surface area (Å²) in [6.45, 7) is 4.19. The maximum absolute atomic E-state index is 12.8. The van der Waals surface area contributed by atoms with Crippen LogP contribution in [0.4, 0.5) is 5.82 Å². The van der Waals surface area contributed by atoms with Crippen molar-refractivity contribution < 1.29 is 4.79 Å². The molecule has 0 saturated carbocycles. The molecule has 0 bridgehead atoms. The molecule has 1 aliphatic heterocycles. The van der Waals surface area contributed by atoms with E-state index in [9.17, 15) is 4.79 Å². The van der Waals surface area contributed by atoms with E-state index in [2.05, 4.69) is 21.7 Å². The van der Waals surface area contributed by atoms with Crippen LogP contribution in [0.1, 0.15) is 47.2 Å². The van der Waals surface area contributed by atoms with Crippen LogP contribution in [0.3, 0.4) is 0 Å². The highest BCUT2D eigenvalue weighted by Gasteiger charge is 2.13. The number of carbonyl (C=O) groups is 1. The Morgan fingerprint density at radius 3 is 2.64 bits per heavy atom. The van der Waals surface area contributed by atoms with Crippen LogP contribution in [-0.4, -0.2) is 53.9 Å². The van der Waals surface area contributed by atoms with Gasteiger partial charge in [-0.25, -0.2) is 4.98 Å². The molecule has 2 N–H and O–H groups in total. The Morgan fingerprint density at radius 1 is 1.12 bits per heavy atom. The Kier molecular flexibility index (Phi) is 7.49. The average molecular weight is 461 g/mol. The monoisotopic (exact) mass is 460 g/mol. The third-order valence-electron chi connectivity index (χ3n) is 6.11. The van der Waals surface area contributed by atoms with Crippen molar-refractivity contribution in [3.63, 3.8) is 0 Å². The second kappa shape index (κ2) is 10.7. The third kappa shape index (κ3) is 5.84. The SMILES string of the molecule is CN(CCCN1CCCCC1)C(=O)c1ccc(C#Cc2c(N)ncc3ccc(Cl)cc23)cc1. The van der Waals surface area contributed by atoms with Gasteiger partial charge in [-0.3, -0.25) is 4.79 Å². The number of anilines is 1. The number of aromatic nitrogens is 1. The molecule has 1 saturated heterocycles. The van der Waals surface area contributed by atoms with Crippen molar-refractivity contribution >= 4 is 34.1 Å². The molecule has 1 fully saturated rings. The van der Waals surface area contributed by atoms with Gasteiger partial charge in [-0.2, -0.15) is 0 Å². The number of amides is 1. The second-order valence-electron chi connectivity index (χ2n) is 8.56. The summed E-state index contributed by atoms with van der Waals surface area (Å²) in [6, 6.07) is 13.0. The lowest BCUT2D eigenvalue weighted by Crippen LogP contribution is -2.34. The zero-order valence-electron chi connectivity index (χ0n) is 19.0. The fraction of sp³-hybridized carbons (Fsp3) is 0.333. The molecule has 1 aliphatic rings. The van der Waals surface area contributed by atoms with E-state index < -0.39 is 0 Å². The first-order chi connectivity index (χ1) is 16.0. The second-order valence-corrected chi connectivity index (χ2v) is 9.00. The van der Waals surface area contributed by atoms with Crippen LogP contribution in [0.25, 0.3) is 10.8 Å². The fourth-order valence-electron chi connectivity index (χ4n) is 4.20. The number of rotatable bonds is 5. The standard InChI is InChI=1S/C27H29ClN4O/c1-31(14-5-17-32-15-3-2-4-16-32)27(33)21-9-6-20(7-10-21)8-13-24-25-18-23(28)12-11-22(25)19-30-26(24)29/h6-7,9-12,18-19H,2-5,14-17H2,1H3,(H2,29,30). The number of carbonyl (C=O) groups excluding carboxylic acids is 1. The minimum atomic E-state index is 0.0327. The zero-order valence-corrected chi connectivity index (χ0v) is 19.7. The quantitative estimate of drug-likeness (QED) is 0.554. The predicted octanol–water partition coefficient (Wildman–Crippen LogP) is 4.82. The predicted molar refractivity (Wildman–Crippen MR) is 135 cm³/mol. The zero-order chi connectivity index (χ0) is 23.2. The van der Waals surface area contributed by atoms with Gasteiger partial charge >= 0.3 is 0 Å². The molecule has 33 heavy (non-hydrogen) atoms. The van der Waals surface area contributed by atoms with Crippen molar-refractivity contribution in [1.29, 1.82) is 0 Å². The van der Waals surface area contributed by atoms with E-state index in [1.807, 2.05) is 49.5 Å². The average Bonchev–Trinajstić information content (AvgIpc) is 2.84. The molecule has 170 valence electrons. The van der Waals surface area contributed by atoms with Gasteiger partial charge in [-0.05, 0) is 75.3 Å². The summed E-state index contributed by atoms with van der Waals surface area (Å²) in [7, 11) is 1.87. The lowest BCUT2D eigenvalue weighted by atomic mass is 10.1. The number of nitrogens with zero attached hydrogens (tertiary/aromatic N) is 3. The first kappa shape index (κ1) is 23.1. The van der Waals surface area contributed by atoms with Gasteiger partial charge in [-0.1, -0.05) is 35.9 Å². The van der Waals surface area contributed by atoms with Crippen molar-refractivity contribution in [3.05, 3.63) is 70.4 Å². The number of hydrogen-bond acceptors (Lipinski definition) is 4. The Morgan fingerprint density at radius 2 is 1.88 bits per heavy atom. The van der Waals surface area contributed by atoms with Crippen LogP contribution in [0.15, 0.2) is 48.7 Å². The van der Waals surface area contributed by atoms with Crippen molar-refractivity contribution in [1.82, 2.24) is 14.8 Å². The molecule has 3 aromatic rings. The van der Waals surface area contributed by atoms with Crippen molar-refractivity contribution in [3.8, 4) is 11.8 Å². The van der Waals surface area contributed by atoms with E-state index in [1.54, 1.807) is 11.1 Å². The van der Waals surface area contributed by atoms with Gasteiger partial charge in [0.2, 0.25) is 0 Å². The highest BCUT2D eigenvalue weighted by Crippen LogP contribution is 2.25. The summed E-state index contributed by atoms with van der Waals surface area (Å²) in [4.78, 5) is 21.3. The normalized spacial score (nSPS) is 14.0. The Labute approximate surface area is 200 Å². The molecular formula is C27H29ClN4O. The molecule has 0 radical (unpaired) electrons. The minimum absolute atomic E-state index is 0.0327. The number of fused-ring (bicyclic) bond motifs is 1. The summed E-state index contributed by atoms with van der Waals surface area (Å²) in [5.74, 6) is 6.67. The van der Waals surface area contributed by atoms with Crippen LogP contribution >= 0.6 is 11.6 Å². The van der Waals surface area contributed by atoms with E-state index in [4.69, 9.17) is 17.3 Å². The van der Waals surface area contributed by atoms with Crippen LogP contribution in [0, 0.1) is 11.8 Å². The molecule has 6 heteroatoms. The molecule has 1 amide bonds. The molecule has 0 aliphatic carbocycles. The van der Waals surface area contributed by atoms with Gasteiger partial charge in [0, 0.05) is 46.7 Å². The first-order valence-electron chi connectivity index (χ1n) is 11.4. The Bertz CT molecular complexity index is 1190. The third-order valence-corrected chi connectivity index (χ3v) is 6.35.